The lowest BCUT2D eigenvalue weighted by Gasteiger charge is -2.33. The highest BCUT2D eigenvalue weighted by Crippen LogP contribution is 2.11. The lowest BCUT2D eigenvalue weighted by atomic mass is 10.1. The molecule has 1 heterocycles. The SMILES string of the molecule is CCC(=O)N1CCCC(NCC(F)F)C1. The number of rotatable bonds is 4. The van der Waals surface area contributed by atoms with E-state index < -0.39 is 6.43 Å². The van der Waals surface area contributed by atoms with Gasteiger partial charge in [0.15, 0.2) is 0 Å². The minimum absolute atomic E-state index is 0.0308. The van der Waals surface area contributed by atoms with E-state index in [-0.39, 0.29) is 18.5 Å². The highest BCUT2D eigenvalue weighted by atomic mass is 19.3. The number of hydrogen-bond donors (Lipinski definition) is 1. The van der Waals surface area contributed by atoms with Crippen molar-refractivity contribution in [3.8, 4) is 0 Å². The Labute approximate surface area is 88.8 Å². The summed E-state index contributed by atoms with van der Waals surface area (Å²) in [4.78, 5) is 13.2. The van der Waals surface area contributed by atoms with Gasteiger partial charge in [0.05, 0.1) is 6.54 Å². The van der Waals surface area contributed by atoms with Crippen molar-refractivity contribution in [1.29, 1.82) is 0 Å². The van der Waals surface area contributed by atoms with Crippen LogP contribution in [0.15, 0.2) is 0 Å². The fourth-order valence-corrected chi connectivity index (χ4v) is 1.85. The molecule has 0 bridgehead atoms. The third kappa shape index (κ3) is 4.11. The summed E-state index contributed by atoms with van der Waals surface area (Å²) in [6, 6.07) is 0.0308. The zero-order valence-corrected chi connectivity index (χ0v) is 9.01. The van der Waals surface area contributed by atoms with E-state index in [4.69, 9.17) is 0 Å². The van der Waals surface area contributed by atoms with Gasteiger partial charge in [-0.2, -0.15) is 0 Å². The molecular weight excluding hydrogens is 202 g/mol. The van der Waals surface area contributed by atoms with Crippen molar-refractivity contribution in [2.45, 2.75) is 38.7 Å². The van der Waals surface area contributed by atoms with Gasteiger partial charge >= 0.3 is 0 Å². The van der Waals surface area contributed by atoms with Crippen LogP contribution < -0.4 is 5.32 Å². The van der Waals surface area contributed by atoms with Crippen molar-refractivity contribution in [2.75, 3.05) is 19.6 Å². The van der Waals surface area contributed by atoms with Crippen LogP contribution in [0.3, 0.4) is 0 Å². The molecule has 5 heteroatoms. The van der Waals surface area contributed by atoms with E-state index in [2.05, 4.69) is 5.32 Å². The van der Waals surface area contributed by atoms with Crippen LogP contribution in [0.25, 0.3) is 0 Å². The van der Waals surface area contributed by atoms with Gasteiger partial charge in [0.1, 0.15) is 0 Å². The first kappa shape index (κ1) is 12.4. The van der Waals surface area contributed by atoms with Gasteiger partial charge in [-0.15, -0.1) is 0 Å². The second-order valence-corrected chi connectivity index (χ2v) is 3.83. The Morgan fingerprint density at radius 2 is 2.33 bits per heavy atom. The van der Waals surface area contributed by atoms with E-state index >= 15 is 0 Å². The topological polar surface area (TPSA) is 32.3 Å². The van der Waals surface area contributed by atoms with Crippen molar-refractivity contribution in [2.24, 2.45) is 0 Å². The Morgan fingerprint density at radius 1 is 1.60 bits per heavy atom. The molecule has 1 unspecified atom stereocenters. The van der Waals surface area contributed by atoms with Crippen LogP contribution in [0.5, 0.6) is 0 Å². The molecule has 15 heavy (non-hydrogen) atoms. The number of carbonyl (C=O) groups is 1. The number of likely N-dealkylation sites (tertiary alicyclic amines) is 1. The summed E-state index contributed by atoms with van der Waals surface area (Å²) in [6.45, 7) is 2.87. The summed E-state index contributed by atoms with van der Waals surface area (Å²) >= 11 is 0. The molecular formula is C10H18F2N2O. The first-order chi connectivity index (χ1) is 7.13. The molecule has 0 aromatic rings. The van der Waals surface area contributed by atoms with Crippen LogP contribution in [0.1, 0.15) is 26.2 Å². The summed E-state index contributed by atoms with van der Waals surface area (Å²) in [7, 11) is 0. The molecule has 88 valence electrons. The van der Waals surface area contributed by atoms with Crippen LogP contribution >= 0.6 is 0 Å². The molecule has 0 aromatic heterocycles. The van der Waals surface area contributed by atoms with E-state index in [1.165, 1.54) is 0 Å². The molecule has 1 N–H and O–H groups in total. The van der Waals surface area contributed by atoms with Crippen LogP contribution in [0, 0.1) is 0 Å². The maximum atomic E-state index is 12.0. The average Bonchev–Trinajstić information content (AvgIpc) is 2.25. The first-order valence-electron chi connectivity index (χ1n) is 5.42. The number of hydrogen-bond acceptors (Lipinski definition) is 2. The van der Waals surface area contributed by atoms with Crippen molar-refractivity contribution >= 4 is 5.91 Å². The Kier molecular flexibility index (Phi) is 4.94. The van der Waals surface area contributed by atoms with E-state index in [0.29, 0.717) is 13.0 Å². The highest BCUT2D eigenvalue weighted by Gasteiger charge is 2.22. The van der Waals surface area contributed by atoms with Crippen molar-refractivity contribution in [1.82, 2.24) is 10.2 Å². The normalized spacial score (nSPS) is 22.1. The van der Waals surface area contributed by atoms with Gasteiger partial charge in [0.2, 0.25) is 5.91 Å². The predicted octanol–water partition coefficient (Wildman–Crippen LogP) is 1.24. The number of nitrogens with zero attached hydrogens (tertiary/aromatic N) is 1. The summed E-state index contributed by atoms with van der Waals surface area (Å²) in [5.74, 6) is 0.110. The maximum Gasteiger partial charge on any atom is 0.250 e. The third-order valence-electron chi connectivity index (χ3n) is 2.64. The maximum absolute atomic E-state index is 12.0. The number of carbonyl (C=O) groups excluding carboxylic acids is 1. The molecule has 0 aliphatic carbocycles. The Hall–Kier alpha value is -0.710. The number of alkyl halides is 2. The molecule has 1 saturated heterocycles. The van der Waals surface area contributed by atoms with E-state index in [0.717, 1.165) is 19.4 Å². The summed E-state index contributed by atoms with van der Waals surface area (Å²) in [6.07, 6.45) is -0.0590. The van der Waals surface area contributed by atoms with Gasteiger partial charge in [-0.25, -0.2) is 8.78 Å². The van der Waals surface area contributed by atoms with E-state index in [1.807, 2.05) is 6.92 Å². The van der Waals surface area contributed by atoms with Gasteiger partial charge in [0.25, 0.3) is 6.43 Å². The Balaban J connectivity index is 2.32. The van der Waals surface area contributed by atoms with Gasteiger partial charge in [0, 0.05) is 25.6 Å². The molecule has 1 aliphatic rings. The fourth-order valence-electron chi connectivity index (χ4n) is 1.85. The molecule has 0 spiro atoms. The zero-order valence-electron chi connectivity index (χ0n) is 9.01. The number of piperidine rings is 1. The molecule has 0 aromatic carbocycles. The summed E-state index contributed by atoms with van der Waals surface area (Å²) < 4.78 is 23.9. The average molecular weight is 220 g/mol. The summed E-state index contributed by atoms with van der Waals surface area (Å²) in [5.41, 5.74) is 0. The number of halogens is 2. The second kappa shape index (κ2) is 6.00. The molecule has 0 saturated carbocycles. The van der Waals surface area contributed by atoms with Crippen molar-refractivity contribution in [3.63, 3.8) is 0 Å². The van der Waals surface area contributed by atoms with E-state index in [1.54, 1.807) is 4.90 Å². The zero-order chi connectivity index (χ0) is 11.3. The van der Waals surface area contributed by atoms with Gasteiger partial charge in [-0.1, -0.05) is 6.92 Å². The molecule has 0 radical (unpaired) electrons. The Bertz CT molecular complexity index is 212. The first-order valence-corrected chi connectivity index (χ1v) is 5.42. The number of amides is 1. The third-order valence-corrected chi connectivity index (χ3v) is 2.64. The van der Waals surface area contributed by atoms with Gasteiger partial charge in [-0.05, 0) is 12.8 Å². The second-order valence-electron chi connectivity index (χ2n) is 3.83. The molecule has 3 nitrogen and oxygen atoms in total. The molecule has 1 atom stereocenters. The highest BCUT2D eigenvalue weighted by molar-refractivity contribution is 5.75. The predicted molar refractivity (Wildman–Crippen MR) is 53.9 cm³/mol. The van der Waals surface area contributed by atoms with Gasteiger partial charge < -0.3 is 10.2 Å². The van der Waals surface area contributed by atoms with Crippen LogP contribution in [-0.2, 0) is 4.79 Å². The fraction of sp³-hybridized carbons (Fsp3) is 0.900. The molecule has 1 aliphatic heterocycles. The molecule has 1 rings (SSSR count). The largest absolute Gasteiger partial charge is 0.341 e. The monoisotopic (exact) mass is 220 g/mol. The van der Waals surface area contributed by atoms with Crippen molar-refractivity contribution in [3.05, 3.63) is 0 Å². The summed E-state index contributed by atoms with van der Waals surface area (Å²) in [5, 5.41) is 2.79. The number of nitrogens with one attached hydrogen (secondary N) is 1. The molecule has 1 fully saturated rings. The minimum atomic E-state index is -2.32. The smallest absolute Gasteiger partial charge is 0.250 e. The lowest BCUT2D eigenvalue weighted by molar-refractivity contribution is -0.132. The standard InChI is InChI=1S/C10H18F2N2O/c1-2-10(15)14-5-3-4-8(7-14)13-6-9(11)12/h8-9,13H,2-7H2,1H3. The van der Waals surface area contributed by atoms with Crippen LogP contribution in [0.4, 0.5) is 8.78 Å². The minimum Gasteiger partial charge on any atom is -0.341 e. The van der Waals surface area contributed by atoms with Crippen LogP contribution in [-0.4, -0.2) is 42.9 Å². The van der Waals surface area contributed by atoms with E-state index in [9.17, 15) is 13.6 Å². The lowest BCUT2D eigenvalue weighted by Crippen LogP contribution is -2.48. The van der Waals surface area contributed by atoms with Crippen LogP contribution in [0.2, 0.25) is 0 Å². The quantitative estimate of drug-likeness (QED) is 0.773. The van der Waals surface area contributed by atoms with Crippen molar-refractivity contribution < 1.29 is 13.6 Å². The van der Waals surface area contributed by atoms with Gasteiger partial charge in [-0.3, -0.25) is 4.79 Å². The Morgan fingerprint density at radius 3 is 2.93 bits per heavy atom. The molecule has 1 amide bonds.